The van der Waals surface area contributed by atoms with Crippen molar-refractivity contribution in [2.24, 2.45) is 0 Å². The number of benzene rings is 2. The molecule has 1 heterocycles. The number of hydrogen-bond acceptors (Lipinski definition) is 5. The standard InChI is InChI=1S/C16H12Cl2N4O4S/c17-12-5-4-11(15(18)8-12)10-21-7-6-16(19-21)20-27(25,26)14-3-1-2-13(9-14)22(23)24/h1-9H,10H2,(H,19,20). The predicted molar refractivity (Wildman–Crippen MR) is 102 cm³/mol. The highest BCUT2D eigenvalue weighted by molar-refractivity contribution is 7.92. The molecule has 140 valence electrons. The van der Waals surface area contributed by atoms with Crippen LogP contribution in [0.4, 0.5) is 11.5 Å². The molecule has 1 aromatic heterocycles. The number of nitrogens with one attached hydrogen (secondary N) is 1. The Bertz CT molecular complexity index is 1120. The molecule has 0 bridgehead atoms. The van der Waals surface area contributed by atoms with E-state index in [1.54, 1.807) is 24.4 Å². The van der Waals surface area contributed by atoms with Gasteiger partial charge in [-0.1, -0.05) is 35.3 Å². The molecule has 0 aliphatic rings. The van der Waals surface area contributed by atoms with Crippen molar-refractivity contribution in [3.05, 3.63) is 80.5 Å². The van der Waals surface area contributed by atoms with E-state index < -0.39 is 14.9 Å². The van der Waals surface area contributed by atoms with Crippen molar-refractivity contribution in [3.8, 4) is 0 Å². The van der Waals surface area contributed by atoms with Gasteiger partial charge in [-0.15, -0.1) is 0 Å². The average molecular weight is 427 g/mol. The fourth-order valence-corrected chi connectivity index (χ4v) is 3.79. The molecule has 3 aromatic rings. The zero-order valence-electron chi connectivity index (χ0n) is 13.5. The van der Waals surface area contributed by atoms with E-state index in [1.165, 1.54) is 28.9 Å². The Morgan fingerprint density at radius 3 is 2.63 bits per heavy atom. The van der Waals surface area contributed by atoms with E-state index >= 15 is 0 Å². The summed E-state index contributed by atoms with van der Waals surface area (Å²) in [7, 11) is -4.02. The number of non-ortho nitro benzene ring substituents is 1. The van der Waals surface area contributed by atoms with E-state index in [9.17, 15) is 18.5 Å². The largest absolute Gasteiger partial charge is 0.270 e. The summed E-state index contributed by atoms with van der Waals surface area (Å²) in [4.78, 5) is 9.93. The number of aromatic nitrogens is 2. The summed E-state index contributed by atoms with van der Waals surface area (Å²) in [5.41, 5.74) is 0.443. The summed E-state index contributed by atoms with van der Waals surface area (Å²) in [6, 6.07) is 11.3. The van der Waals surface area contributed by atoms with Crippen LogP contribution in [-0.2, 0) is 16.6 Å². The van der Waals surface area contributed by atoms with Crippen molar-refractivity contribution in [3.63, 3.8) is 0 Å². The molecule has 0 fully saturated rings. The van der Waals surface area contributed by atoms with Crippen LogP contribution in [0.1, 0.15) is 5.56 Å². The maximum atomic E-state index is 12.4. The van der Waals surface area contributed by atoms with Crippen LogP contribution < -0.4 is 4.72 Å². The third kappa shape index (κ3) is 4.57. The van der Waals surface area contributed by atoms with Gasteiger partial charge in [0.1, 0.15) is 0 Å². The SMILES string of the molecule is O=[N+]([O-])c1cccc(S(=O)(=O)Nc2ccn(Cc3ccc(Cl)cc3Cl)n2)c1. The van der Waals surface area contributed by atoms with E-state index in [1.807, 2.05) is 0 Å². The van der Waals surface area contributed by atoms with Crippen LogP contribution in [0, 0.1) is 10.1 Å². The van der Waals surface area contributed by atoms with Gasteiger partial charge < -0.3 is 0 Å². The maximum absolute atomic E-state index is 12.4. The van der Waals surface area contributed by atoms with Gasteiger partial charge in [0.15, 0.2) is 5.82 Å². The van der Waals surface area contributed by atoms with Gasteiger partial charge >= 0.3 is 0 Å². The van der Waals surface area contributed by atoms with E-state index in [-0.39, 0.29) is 16.4 Å². The number of hydrogen-bond donors (Lipinski definition) is 1. The van der Waals surface area contributed by atoms with Gasteiger partial charge in [0, 0.05) is 34.4 Å². The molecule has 2 aromatic carbocycles. The molecule has 0 saturated heterocycles. The van der Waals surface area contributed by atoms with E-state index in [0.29, 0.717) is 16.6 Å². The Morgan fingerprint density at radius 2 is 1.93 bits per heavy atom. The quantitative estimate of drug-likeness (QED) is 0.474. The number of sulfonamides is 1. The molecule has 0 aliphatic heterocycles. The van der Waals surface area contributed by atoms with Crippen LogP contribution in [0.5, 0.6) is 0 Å². The van der Waals surface area contributed by atoms with Crippen molar-refractivity contribution >= 4 is 44.7 Å². The summed E-state index contributed by atoms with van der Waals surface area (Å²) in [5.74, 6) is 0.0755. The van der Waals surface area contributed by atoms with Gasteiger partial charge in [0.05, 0.1) is 16.4 Å². The smallest absolute Gasteiger partial charge is 0.266 e. The number of rotatable bonds is 6. The maximum Gasteiger partial charge on any atom is 0.270 e. The number of nitro groups is 1. The molecule has 0 spiro atoms. The van der Waals surface area contributed by atoms with E-state index in [4.69, 9.17) is 23.2 Å². The zero-order valence-corrected chi connectivity index (χ0v) is 15.9. The first kappa shape index (κ1) is 19.2. The van der Waals surface area contributed by atoms with Crippen molar-refractivity contribution in [1.29, 1.82) is 0 Å². The second-order valence-electron chi connectivity index (χ2n) is 5.49. The lowest BCUT2D eigenvalue weighted by molar-refractivity contribution is -0.385. The van der Waals surface area contributed by atoms with Crippen LogP contribution in [0.25, 0.3) is 0 Å². The molecule has 3 rings (SSSR count). The van der Waals surface area contributed by atoms with Crippen LogP contribution in [0.3, 0.4) is 0 Å². The van der Waals surface area contributed by atoms with Crippen molar-refractivity contribution < 1.29 is 13.3 Å². The summed E-state index contributed by atoms with van der Waals surface area (Å²) in [6.07, 6.45) is 1.58. The second kappa shape index (κ2) is 7.55. The third-order valence-corrected chi connectivity index (χ3v) is 5.51. The normalized spacial score (nSPS) is 11.3. The number of nitro benzene ring substituents is 1. The van der Waals surface area contributed by atoms with Gasteiger partial charge in [-0.25, -0.2) is 8.42 Å². The van der Waals surface area contributed by atoms with Crippen molar-refractivity contribution in [2.45, 2.75) is 11.4 Å². The average Bonchev–Trinajstić information content (AvgIpc) is 3.04. The molecular weight excluding hydrogens is 415 g/mol. The summed E-state index contributed by atoms with van der Waals surface area (Å²) < 4.78 is 28.6. The molecule has 0 unspecified atom stereocenters. The minimum absolute atomic E-state index is 0.0755. The molecule has 0 atom stereocenters. The first-order chi connectivity index (χ1) is 12.7. The van der Waals surface area contributed by atoms with E-state index in [0.717, 1.165) is 11.6 Å². The number of anilines is 1. The molecular formula is C16H12Cl2N4O4S. The molecule has 8 nitrogen and oxygen atoms in total. The first-order valence-corrected chi connectivity index (χ1v) is 9.73. The minimum atomic E-state index is -4.02. The van der Waals surface area contributed by atoms with Gasteiger partial charge in [-0.3, -0.25) is 19.5 Å². The van der Waals surface area contributed by atoms with Crippen LogP contribution in [0.2, 0.25) is 10.0 Å². The third-order valence-electron chi connectivity index (χ3n) is 3.57. The lowest BCUT2D eigenvalue weighted by Gasteiger charge is -2.06. The number of halogens is 2. The highest BCUT2D eigenvalue weighted by Crippen LogP contribution is 2.23. The minimum Gasteiger partial charge on any atom is -0.266 e. The Morgan fingerprint density at radius 1 is 1.15 bits per heavy atom. The summed E-state index contributed by atoms with van der Waals surface area (Å²) in [6.45, 7) is 0.314. The van der Waals surface area contributed by atoms with Gasteiger partial charge in [-0.2, -0.15) is 5.10 Å². The van der Waals surface area contributed by atoms with Crippen molar-refractivity contribution in [2.75, 3.05) is 4.72 Å². The molecule has 0 aliphatic carbocycles. The molecule has 27 heavy (non-hydrogen) atoms. The Labute approximate surface area is 164 Å². The molecule has 0 radical (unpaired) electrons. The van der Waals surface area contributed by atoms with Crippen molar-refractivity contribution in [1.82, 2.24) is 9.78 Å². The Balaban J connectivity index is 1.78. The van der Waals surface area contributed by atoms with Crippen LogP contribution >= 0.6 is 23.2 Å². The van der Waals surface area contributed by atoms with Gasteiger partial charge in [0.2, 0.25) is 0 Å². The topological polar surface area (TPSA) is 107 Å². The zero-order chi connectivity index (χ0) is 19.6. The monoisotopic (exact) mass is 426 g/mol. The predicted octanol–water partition coefficient (Wildman–Crippen LogP) is 3.95. The van der Waals surface area contributed by atoms with Gasteiger partial charge in [0.25, 0.3) is 15.7 Å². The Kier molecular flexibility index (Phi) is 5.36. The van der Waals surface area contributed by atoms with Gasteiger partial charge in [-0.05, 0) is 23.8 Å². The second-order valence-corrected chi connectivity index (χ2v) is 8.02. The lowest BCUT2D eigenvalue weighted by Crippen LogP contribution is -2.14. The van der Waals surface area contributed by atoms with Crippen LogP contribution in [-0.4, -0.2) is 23.1 Å². The first-order valence-electron chi connectivity index (χ1n) is 7.49. The molecule has 11 heteroatoms. The molecule has 1 N–H and O–H groups in total. The molecule has 0 amide bonds. The highest BCUT2D eigenvalue weighted by atomic mass is 35.5. The van der Waals surface area contributed by atoms with Crippen LogP contribution in [0.15, 0.2) is 59.6 Å². The van der Waals surface area contributed by atoms with E-state index in [2.05, 4.69) is 9.82 Å². The lowest BCUT2D eigenvalue weighted by atomic mass is 10.2. The molecule has 0 saturated carbocycles. The fourth-order valence-electron chi connectivity index (χ4n) is 2.29. The summed E-state index contributed by atoms with van der Waals surface area (Å²) >= 11 is 12.0. The fraction of sp³-hybridized carbons (Fsp3) is 0.0625. The number of nitrogens with zero attached hydrogens (tertiary/aromatic N) is 3. The summed E-state index contributed by atoms with van der Waals surface area (Å²) in [5, 5.41) is 15.9. The highest BCUT2D eigenvalue weighted by Gasteiger charge is 2.19. The Hall–Kier alpha value is -2.62.